The molecule has 2 atom stereocenters. The minimum absolute atomic E-state index is 0.0976. The topological polar surface area (TPSA) is 67.6 Å². The van der Waals surface area contributed by atoms with Crippen molar-refractivity contribution >= 4 is 5.91 Å². The molecule has 0 bridgehead atoms. The van der Waals surface area contributed by atoms with Crippen LogP contribution in [0.5, 0.6) is 0 Å². The van der Waals surface area contributed by atoms with E-state index in [2.05, 4.69) is 5.32 Å². The summed E-state index contributed by atoms with van der Waals surface area (Å²) >= 11 is 0. The molecule has 0 aliphatic rings. The quantitative estimate of drug-likeness (QED) is 0.582. The Labute approximate surface area is 85.6 Å². The molecule has 0 spiro atoms. The van der Waals surface area contributed by atoms with Gasteiger partial charge in [0.1, 0.15) is 6.04 Å². The second-order valence-electron chi connectivity index (χ2n) is 3.73. The van der Waals surface area contributed by atoms with E-state index in [1.165, 1.54) is 7.11 Å². The van der Waals surface area contributed by atoms with Gasteiger partial charge in [0.25, 0.3) is 0 Å². The van der Waals surface area contributed by atoms with Crippen LogP contribution in [-0.2, 0) is 9.53 Å². The first kappa shape index (κ1) is 13.4. The highest BCUT2D eigenvalue weighted by Gasteiger charge is 2.15. The second kappa shape index (κ2) is 6.75. The molecule has 0 fully saturated rings. The van der Waals surface area contributed by atoms with Gasteiger partial charge < -0.3 is 20.7 Å². The van der Waals surface area contributed by atoms with Crippen molar-refractivity contribution in [2.45, 2.75) is 19.0 Å². The maximum absolute atomic E-state index is 11.4. The molecule has 0 aromatic rings. The molecule has 0 aliphatic heterocycles. The van der Waals surface area contributed by atoms with E-state index in [9.17, 15) is 4.79 Å². The number of rotatable bonds is 6. The molecule has 0 heterocycles. The minimum atomic E-state index is -0.579. The summed E-state index contributed by atoms with van der Waals surface area (Å²) in [7, 11) is 5.44. The van der Waals surface area contributed by atoms with Gasteiger partial charge in [-0.05, 0) is 21.0 Å². The van der Waals surface area contributed by atoms with E-state index in [0.717, 1.165) is 6.54 Å². The van der Waals surface area contributed by atoms with Crippen molar-refractivity contribution in [2.75, 3.05) is 34.4 Å². The molecule has 5 nitrogen and oxygen atoms in total. The van der Waals surface area contributed by atoms with E-state index >= 15 is 0 Å². The summed E-state index contributed by atoms with van der Waals surface area (Å²) < 4.78 is 4.79. The van der Waals surface area contributed by atoms with Gasteiger partial charge in [0.15, 0.2) is 0 Å². The fourth-order valence-electron chi connectivity index (χ4n) is 1.20. The number of carbonyl (C=O) groups excluding carboxylic acids is 1. The van der Waals surface area contributed by atoms with Crippen molar-refractivity contribution in [3.8, 4) is 0 Å². The van der Waals surface area contributed by atoms with Crippen LogP contribution in [-0.4, -0.2) is 57.2 Å². The lowest BCUT2D eigenvalue weighted by Gasteiger charge is -2.20. The molecule has 2 unspecified atom stereocenters. The molecule has 0 aromatic heterocycles. The molecule has 84 valence electrons. The van der Waals surface area contributed by atoms with Crippen molar-refractivity contribution in [1.82, 2.24) is 10.2 Å². The average molecular weight is 203 g/mol. The maximum atomic E-state index is 11.4. The Balaban J connectivity index is 3.80. The number of nitrogens with zero attached hydrogens (tertiary/aromatic N) is 1. The summed E-state index contributed by atoms with van der Waals surface area (Å²) in [4.78, 5) is 13.4. The summed E-state index contributed by atoms with van der Waals surface area (Å²) in [6.07, 6.45) is 0. The normalized spacial score (nSPS) is 15.3. The first-order valence-electron chi connectivity index (χ1n) is 4.67. The SMILES string of the molecule is COCC(N)C(=O)NC(C)CN(C)C. The zero-order valence-corrected chi connectivity index (χ0v) is 9.41. The van der Waals surface area contributed by atoms with Crippen LogP contribution >= 0.6 is 0 Å². The number of nitrogens with one attached hydrogen (secondary N) is 1. The molecule has 1 amide bonds. The van der Waals surface area contributed by atoms with E-state index in [1.807, 2.05) is 25.9 Å². The zero-order chi connectivity index (χ0) is 11.1. The molecule has 5 heteroatoms. The number of likely N-dealkylation sites (N-methyl/N-ethyl adjacent to an activating group) is 1. The van der Waals surface area contributed by atoms with Crippen LogP contribution in [0.15, 0.2) is 0 Å². The van der Waals surface area contributed by atoms with Crippen LogP contribution < -0.4 is 11.1 Å². The van der Waals surface area contributed by atoms with Crippen LogP contribution in [0.1, 0.15) is 6.92 Å². The monoisotopic (exact) mass is 203 g/mol. The van der Waals surface area contributed by atoms with Gasteiger partial charge in [-0.3, -0.25) is 4.79 Å². The van der Waals surface area contributed by atoms with E-state index in [1.54, 1.807) is 0 Å². The lowest BCUT2D eigenvalue weighted by atomic mass is 10.2. The van der Waals surface area contributed by atoms with Crippen LogP contribution in [0.25, 0.3) is 0 Å². The molecule has 0 aromatic carbocycles. The Kier molecular flexibility index (Phi) is 6.44. The van der Waals surface area contributed by atoms with Crippen molar-refractivity contribution in [2.24, 2.45) is 5.73 Å². The third-order valence-electron chi connectivity index (χ3n) is 1.71. The number of hydrogen-bond acceptors (Lipinski definition) is 4. The molecule has 0 saturated heterocycles. The van der Waals surface area contributed by atoms with Gasteiger partial charge in [-0.2, -0.15) is 0 Å². The highest BCUT2D eigenvalue weighted by molar-refractivity contribution is 5.81. The summed E-state index contributed by atoms with van der Waals surface area (Å²) in [5, 5.41) is 2.81. The highest BCUT2D eigenvalue weighted by Crippen LogP contribution is 1.87. The van der Waals surface area contributed by atoms with Crippen molar-refractivity contribution in [3.05, 3.63) is 0 Å². The standard InChI is InChI=1S/C9H21N3O2/c1-7(5-12(2)3)11-9(13)8(10)6-14-4/h7-8H,5-6,10H2,1-4H3,(H,11,13). The fourth-order valence-corrected chi connectivity index (χ4v) is 1.20. The summed E-state index contributed by atoms with van der Waals surface area (Å²) in [5.74, 6) is -0.166. The van der Waals surface area contributed by atoms with E-state index in [4.69, 9.17) is 10.5 Å². The van der Waals surface area contributed by atoms with Crippen LogP contribution in [0.3, 0.4) is 0 Å². The van der Waals surface area contributed by atoms with Gasteiger partial charge >= 0.3 is 0 Å². The molecular formula is C9H21N3O2. The Morgan fingerprint density at radius 1 is 1.57 bits per heavy atom. The number of nitrogens with two attached hydrogens (primary N) is 1. The lowest BCUT2D eigenvalue weighted by Crippen LogP contribution is -2.49. The van der Waals surface area contributed by atoms with Gasteiger partial charge in [0.2, 0.25) is 5.91 Å². The van der Waals surface area contributed by atoms with E-state index < -0.39 is 6.04 Å². The van der Waals surface area contributed by atoms with Crippen molar-refractivity contribution in [1.29, 1.82) is 0 Å². The molecule has 3 N–H and O–H groups in total. The number of amides is 1. The Morgan fingerprint density at radius 3 is 2.57 bits per heavy atom. The summed E-state index contributed by atoms with van der Waals surface area (Å²) in [5.41, 5.74) is 5.56. The second-order valence-corrected chi connectivity index (χ2v) is 3.73. The Hall–Kier alpha value is -0.650. The molecule has 14 heavy (non-hydrogen) atoms. The zero-order valence-electron chi connectivity index (χ0n) is 9.41. The highest BCUT2D eigenvalue weighted by atomic mass is 16.5. The van der Waals surface area contributed by atoms with Crippen molar-refractivity contribution < 1.29 is 9.53 Å². The molecular weight excluding hydrogens is 182 g/mol. The molecule has 0 rings (SSSR count). The van der Waals surface area contributed by atoms with Gasteiger partial charge in [0, 0.05) is 19.7 Å². The number of ether oxygens (including phenoxy) is 1. The van der Waals surface area contributed by atoms with Gasteiger partial charge in [-0.1, -0.05) is 0 Å². The predicted octanol–water partition coefficient (Wildman–Crippen LogP) is -0.974. The number of methoxy groups -OCH3 is 1. The first-order chi connectivity index (χ1) is 6.47. The van der Waals surface area contributed by atoms with E-state index in [-0.39, 0.29) is 18.6 Å². The lowest BCUT2D eigenvalue weighted by molar-refractivity contribution is -0.124. The molecule has 0 aliphatic carbocycles. The smallest absolute Gasteiger partial charge is 0.239 e. The average Bonchev–Trinajstić information content (AvgIpc) is 2.02. The largest absolute Gasteiger partial charge is 0.383 e. The Bertz CT molecular complexity index is 173. The first-order valence-corrected chi connectivity index (χ1v) is 4.67. The van der Waals surface area contributed by atoms with Gasteiger partial charge in [-0.25, -0.2) is 0 Å². The van der Waals surface area contributed by atoms with E-state index in [0.29, 0.717) is 0 Å². The summed E-state index contributed by atoms with van der Waals surface area (Å²) in [6, 6.07) is -0.481. The molecule has 0 saturated carbocycles. The Morgan fingerprint density at radius 2 is 2.14 bits per heavy atom. The minimum Gasteiger partial charge on any atom is -0.383 e. The van der Waals surface area contributed by atoms with Gasteiger partial charge in [0.05, 0.1) is 6.61 Å². The van der Waals surface area contributed by atoms with Gasteiger partial charge in [-0.15, -0.1) is 0 Å². The third kappa shape index (κ3) is 5.90. The van der Waals surface area contributed by atoms with Crippen LogP contribution in [0.4, 0.5) is 0 Å². The maximum Gasteiger partial charge on any atom is 0.239 e. The van der Waals surface area contributed by atoms with Crippen LogP contribution in [0, 0.1) is 0 Å². The summed E-state index contributed by atoms with van der Waals surface area (Å²) in [6.45, 7) is 2.99. The number of carbonyl (C=O) groups is 1. The third-order valence-corrected chi connectivity index (χ3v) is 1.71. The fraction of sp³-hybridized carbons (Fsp3) is 0.889. The van der Waals surface area contributed by atoms with Crippen molar-refractivity contribution in [3.63, 3.8) is 0 Å². The predicted molar refractivity (Wildman–Crippen MR) is 56.0 cm³/mol. The molecule has 0 radical (unpaired) electrons. The number of hydrogen-bond donors (Lipinski definition) is 2. The van der Waals surface area contributed by atoms with Crippen LogP contribution in [0.2, 0.25) is 0 Å².